The van der Waals surface area contributed by atoms with E-state index in [0.717, 1.165) is 12.8 Å². The smallest absolute Gasteiger partial charge is 0.133 e. The van der Waals surface area contributed by atoms with Gasteiger partial charge < -0.3 is 4.42 Å². The van der Waals surface area contributed by atoms with Gasteiger partial charge in [0.25, 0.3) is 0 Å². The Labute approximate surface area is 71.6 Å². The molecule has 1 unspecified atom stereocenters. The van der Waals surface area contributed by atoms with E-state index in [1.807, 2.05) is 6.92 Å². The molecule has 2 heteroatoms. The third kappa shape index (κ3) is 1.17. The first-order chi connectivity index (χ1) is 5.77. The van der Waals surface area contributed by atoms with Crippen molar-refractivity contribution in [1.82, 2.24) is 0 Å². The summed E-state index contributed by atoms with van der Waals surface area (Å²) in [5, 5.41) is 0. The zero-order valence-corrected chi connectivity index (χ0v) is 7.17. The second-order valence-electron chi connectivity index (χ2n) is 3.49. The second kappa shape index (κ2) is 2.77. The molecule has 0 bridgehead atoms. The molecule has 2 nitrogen and oxygen atoms in total. The van der Waals surface area contributed by atoms with Crippen molar-refractivity contribution in [3.05, 3.63) is 23.7 Å². The molecule has 1 aliphatic rings. The molecular formula is C10H12O2. The van der Waals surface area contributed by atoms with Crippen molar-refractivity contribution in [2.24, 2.45) is 0 Å². The lowest BCUT2D eigenvalue weighted by Gasteiger charge is -2.04. The Hall–Kier alpha value is -1.05. The summed E-state index contributed by atoms with van der Waals surface area (Å²) in [4.78, 5) is 11.0. The average Bonchev–Trinajstić information content (AvgIpc) is 2.58. The Balaban J connectivity index is 2.21. The molecule has 1 aromatic heterocycles. The first kappa shape index (κ1) is 7.59. The fourth-order valence-electron chi connectivity index (χ4n) is 1.87. The van der Waals surface area contributed by atoms with Crippen molar-refractivity contribution in [2.45, 2.75) is 32.1 Å². The molecule has 0 saturated heterocycles. The number of hydrogen-bond donors (Lipinski definition) is 0. The van der Waals surface area contributed by atoms with Gasteiger partial charge in [-0.05, 0) is 30.4 Å². The van der Waals surface area contributed by atoms with Crippen LogP contribution in [0.1, 0.15) is 36.3 Å². The summed E-state index contributed by atoms with van der Waals surface area (Å²) in [5.41, 5.74) is 2.40. The minimum atomic E-state index is 0.389. The minimum Gasteiger partial charge on any atom is -0.472 e. The monoisotopic (exact) mass is 164 g/mol. The van der Waals surface area contributed by atoms with Crippen molar-refractivity contribution in [2.75, 3.05) is 0 Å². The van der Waals surface area contributed by atoms with Crippen molar-refractivity contribution >= 4 is 5.78 Å². The molecule has 2 rings (SSSR count). The molecule has 0 N–H and O–H groups in total. The van der Waals surface area contributed by atoms with E-state index < -0.39 is 0 Å². The lowest BCUT2D eigenvalue weighted by molar-refractivity contribution is -0.117. The van der Waals surface area contributed by atoms with E-state index >= 15 is 0 Å². The Morgan fingerprint density at radius 2 is 2.33 bits per heavy atom. The van der Waals surface area contributed by atoms with E-state index in [2.05, 4.69) is 0 Å². The summed E-state index contributed by atoms with van der Waals surface area (Å²) < 4.78 is 5.08. The summed E-state index contributed by atoms with van der Waals surface area (Å²) in [7, 11) is 0. The Bertz CT molecular complexity index is 299. The van der Waals surface area contributed by atoms with Gasteiger partial charge >= 0.3 is 0 Å². The summed E-state index contributed by atoms with van der Waals surface area (Å²) in [5.74, 6) is 0.817. The topological polar surface area (TPSA) is 30.2 Å². The first-order valence-corrected chi connectivity index (χ1v) is 4.32. The van der Waals surface area contributed by atoms with Crippen LogP contribution in [-0.2, 0) is 4.79 Å². The van der Waals surface area contributed by atoms with Crippen molar-refractivity contribution < 1.29 is 9.21 Å². The normalized spacial score (nSPS) is 23.4. The van der Waals surface area contributed by atoms with Gasteiger partial charge in [0.05, 0.1) is 12.5 Å². The van der Waals surface area contributed by atoms with Crippen LogP contribution in [-0.4, -0.2) is 5.78 Å². The van der Waals surface area contributed by atoms with E-state index in [0.29, 0.717) is 18.1 Å². The molecule has 64 valence electrons. The molecule has 1 aliphatic carbocycles. The van der Waals surface area contributed by atoms with Crippen LogP contribution < -0.4 is 0 Å². The average molecular weight is 164 g/mol. The minimum absolute atomic E-state index is 0.389. The molecule has 0 radical (unpaired) electrons. The van der Waals surface area contributed by atoms with Crippen molar-refractivity contribution in [3.63, 3.8) is 0 Å². The number of rotatable bonds is 1. The number of Topliss-reactive ketones (excluding diaryl/α,β-unsaturated/α-hetero) is 1. The van der Waals surface area contributed by atoms with Crippen molar-refractivity contribution in [1.29, 1.82) is 0 Å². The number of aryl methyl sites for hydroxylation is 1. The number of furan rings is 1. The maximum Gasteiger partial charge on any atom is 0.133 e. The largest absolute Gasteiger partial charge is 0.472 e. The van der Waals surface area contributed by atoms with Gasteiger partial charge in [-0.15, -0.1) is 0 Å². The maximum absolute atomic E-state index is 11.0. The SMILES string of the molecule is Cc1cocc1C1CCC(=O)C1. The van der Waals surface area contributed by atoms with E-state index in [1.54, 1.807) is 12.5 Å². The van der Waals surface area contributed by atoms with Gasteiger partial charge in [0.1, 0.15) is 5.78 Å². The number of carbonyl (C=O) groups excluding carboxylic acids is 1. The third-order valence-corrected chi connectivity index (χ3v) is 2.58. The van der Waals surface area contributed by atoms with Crippen molar-refractivity contribution in [3.8, 4) is 0 Å². The summed E-state index contributed by atoms with van der Waals surface area (Å²) in [6, 6.07) is 0. The quantitative estimate of drug-likeness (QED) is 0.638. The Morgan fingerprint density at radius 3 is 2.83 bits per heavy atom. The Kier molecular flexibility index (Phi) is 1.75. The first-order valence-electron chi connectivity index (χ1n) is 4.32. The third-order valence-electron chi connectivity index (χ3n) is 2.58. The molecule has 12 heavy (non-hydrogen) atoms. The van der Waals surface area contributed by atoms with Crippen LogP contribution in [0, 0.1) is 6.92 Å². The van der Waals surface area contributed by atoms with Gasteiger partial charge in [-0.25, -0.2) is 0 Å². The van der Waals surface area contributed by atoms with Crippen LogP contribution in [0.15, 0.2) is 16.9 Å². The van der Waals surface area contributed by atoms with Crippen LogP contribution in [0.4, 0.5) is 0 Å². The van der Waals surface area contributed by atoms with Crippen LogP contribution in [0.5, 0.6) is 0 Å². The molecule has 1 heterocycles. The zero-order valence-electron chi connectivity index (χ0n) is 7.17. The van der Waals surface area contributed by atoms with Crippen LogP contribution in [0.2, 0.25) is 0 Å². The maximum atomic E-state index is 11.0. The Morgan fingerprint density at radius 1 is 1.50 bits per heavy atom. The summed E-state index contributed by atoms with van der Waals surface area (Å²) >= 11 is 0. The fourth-order valence-corrected chi connectivity index (χ4v) is 1.87. The highest BCUT2D eigenvalue weighted by molar-refractivity contribution is 5.81. The predicted molar refractivity (Wildman–Crippen MR) is 45.0 cm³/mol. The molecule has 1 aromatic rings. The van der Waals surface area contributed by atoms with E-state index in [1.165, 1.54) is 11.1 Å². The van der Waals surface area contributed by atoms with E-state index in [-0.39, 0.29) is 0 Å². The van der Waals surface area contributed by atoms with Crippen LogP contribution >= 0.6 is 0 Å². The van der Waals surface area contributed by atoms with E-state index in [9.17, 15) is 4.79 Å². The summed E-state index contributed by atoms with van der Waals surface area (Å²) in [6.45, 7) is 2.03. The van der Waals surface area contributed by atoms with Gasteiger partial charge in [-0.1, -0.05) is 0 Å². The molecule has 1 atom stereocenters. The van der Waals surface area contributed by atoms with E-state index in [4.69, 9.17) is 4.42 Å². The highest BCUT2D eigenvalue weighted by Gasteiger charge is 2.25. The fraction of sp³-hybridized carbons (Fsp3) is 0.500. The van der Waals surface area contributed by atoms with Crippen LogP contribution in [0.25, 0.3) is 0 Å². The molecule has 1 fully saturated rings. The second-order valence-corrected chi connectivity index (χ2v) is 3.49. The van der Waals surface area contributed by atoms with Gasteiger partial charge in [0.15, 0.2) is 0 Å². The zero-order chi connectivity index (χ0) is 8.55. The van der Waals surface area contributed by atoms with Gasteiger partial charge in [-0.2, -0.15) is 0 Å². The molecule has 0 aromatic carbocycles. The summed E-state index contributed by atoms with van der Waals surface area (Å²) in [6.07, 6.45) is 5.98. The molecule has 0 aliphatic heterocycles. The number of ketones is 1. The predicted octanol–water partition coefficient (Wildman–Crippen LogP) is 2.42. The molecule has 0 spiro atoms. The van der Waals surface area contributed by atoms with Gasteiger partial charge in [0.2, 0.25) is 0 Å². The lowest BCUT2D eigenvalue weighted by Crippen LogP contribution is -1.93. The lowest BCUT2D eigenvalue weighted by atomic mass is 9.98. The molecule has 1 saturated carbocycles. The number of carbonyl (C=O) groups is 1. The van der Waals surface area contributed by atoms with Gasteiger partial charge in [0, 0.05) is 12.8 Å². The highest BCUT2D eigenvalue weighted by Crippen LogP contribution is 2.33. The molecule has 0 amide bonds. The van der Waals surface area contributed by atoms with Gasteiger partial charge in [-0.3, -0.25) is 4.79 Å². The standard InChI is InChI=1S/C10H12O2/c1-7-5-12-6-10(7)8-2-3-9(11)4-8/h5-6,8H,2-4H2,1H3. The highest BCUT2D eigenvalue weighted by atomic mass is 16.3. The number of hydrogen-bond acceptors (Lipinski definition) is 2. The van der Waals surface area contributed by atoms with Crippen LogP contribution in [0.3, 0.4) is 0 Å². The molecular weight excluding hydrogens is 152 g/mol.